The van der Waals surface area contributed by atoms with Crippen LogP contribution in [0.1, 0.15) is 0 Å². The first-order chi connectivity index (χ1) is 8.76. The summed E-state index contributed by atoms with van der Waals surface area (Å²) >= 11 is 0. The molecule has 0 bridgehead atoms. The van der Waals surface area contributed by atoms with Crippen LogP contribution in [0.25, 0.3) is 16.9 Å². The lowest BCUT2D eigenvalue weighted by molar-refractivity contribution is 0.415. The Labute approximate surface area is 104 Å². The summed E-state index contributed by atoms with van der Waals surface area (Å²) in [5, 5.41) is 4.46. The number of aromatic nitrogens is 3. The predicted molar refractivity (Wildman–Crippen MR) is 69.4 cm³/mol. The lowest BCUT2D eigenvalue weighted by Gasteiger charge is -2.03. The van der Waals surface area contributed by atoms with Gasteiger partial charge < -0.3 is 10.5 Å². The average Bonchev–Trinajstić information content (AvgIpc) is 2.78. The number of nitrogens with zero attached hydrogens (tertiary/aromatic N) is 3. The van der Waals surface area contributed by atoms with Gasteiger partial charge in [-0.3, -0.25) is 0 Å². The van der Waals surface area contributed by atoms with E-state index in [1.54, 1.807) is 17.8 Å². The number of methoxy groups -OCH3 is 1. The highest BCUT2D eigenvalue weighted by atomic mass is 16.5. The van der Waals surface area contributed by atoms with Crippen molar-refractivity contribution in [3.63, 3.8) is 0 Å². The number of hydrogen-bond acceptors (Lipinski definition) is 4. The summed E-state index contributed by atoms with van der Waals surface area (Å²) in [6, 6.07) is 11.6. The molecule has 3 rings (SSSR count). The largest absolute Gasteiger partial charge is 0.497 e. The van der Waals surface area contributed by atoms with Crippen molar-refractivity contribution in [1.29, 1.82) is 0 Å². The van der Waals surface area contributed by atoms with Crippen LogP contribution < -0.4 is 10.5 Å². The van der Waals surface area contributed by atoms with E-state index in [0.717, 1.165) is 22.7 Å². The van der Waals surface area contributed by atoms with Gasteiger partial charge in [-0.25, -0.2) is 9.50 Å². The maximum atomic E-state index is 5.63. The molecule has 0 atom stereocenters. The van der Waals surface area contributed by atoms with E-state index in [2.05, 4.69) is 10.1 Å². The molecule has 2 aromatic heterocycles. The number of fused-ring (bicyclic) bond motifs is 1. The number of hydrogen-bond donors (Lipinski definition) is 1. The molecule has 5 heteroatoms. The molecule has 0 saturated heterocycles. The van der Waals surface area contributed by atoms with E-state index >= 15 is 0 Å². The summed E-state index contributed by atoms with van der Waals surface area (Å²) in [7, 11) is 1.65. The summed E-state index contributed by atoms with van der Waals surface area (Å²) in [6.07, 6.45) is 1.70. The van der Waals surface area contributed by atoms with Gasteiger partial charge in [-0.2, -0.15) is 5.10 Å². The van der Waals surface area contributed by atoms with Gasteiger partial charge in [0.25, 0.3) is 0 Å². The second-order valence-electron chi connectivity index (χ2n) is 3.92. The zero-order valence-corrected chi connectivity index (χ0v) is 9.87. The number of ether oxygens (including phenoxy) is 1. The van der Waals surface area contributed by atoms with E-state index < -0.39 is 0 Å². The minimum atomic E-state index is 0.467. The number of rotatable bonds is 2. The van der Waals surface area contributed by atoms with Gasteiger partial charge in [0.2, 0.25) is 0 Å². The summed E-state index contributed by atoms with van der Waals surface area (Å²) in [4.78, 5) is 4.13. The Morgan fingerprint density at radius 3 is 2.61 bits per heavy atom. The van der Waals surface area contributed by atoms with Crippen LogP contribution in [0.2, 0.25) is 0 Å². The standard InChI is InChI=1S/C13H12N4O/c1-18-10-4-2-9(3-5-10)11-6-7-13-15-12(14)8-17(13)16-11/h2-8H,14H2,1H3. The van der Waals surface area contributed by atoms with Crippen molar-refractivity contribution in [3.05, 3.63) is 42.6 Å². The van der Waals surface area contributed by atoms with Crippen LogP contribution in [-0.2, 0) is 0 Å². The Bertz CT molecular complexity index is 688. The highest BCUT2D eigenvalue weighted by Crippen LogP contribution is 2.20. The van der Waals surface area contributed by atoms with Gasteiger partial charge in [-0.1, -0.05) is 0 Å². The minimum Gasteiger partial charge on any atom is -0.497 e. The topological polar surface area (TPSA) is 65.4 Å². The molecule has 0 aliphatic carbocycles. The van der Waals surface area contributed by atoms with Crippen molar-refractivity contribution in [2.75, 3.05) is 12.8 Å². The van der Waals surface area contributed by atoms with Crippen molar-refractivity contribution < 1.29 is 4.74 Å². The summed E-state index contributed by atoms with van der Waals surface area (Å²) < 4.78 is 6.80. The molecule has 0 unspecified atom stereocenters. The quantitative estimate of drug-likeness (QED) is 0.744. The molecule has 18 heavy (non-hydrogen) atoms. The monoisotopic (exact) mass is 240 g/mol. The van der Waals surface area contributed by atoms with Crippen molar-refractivity contribution in [2.24, 2.45) is 0 Å². The van der Waals surface area contributed by atoms with Crippen LogP contribution in [0.4, 0.5) is 5.82 Å². The van der Waals surface area contributed by atoms with Crippen LogP contribution in [-0.4, -0.2) is 21.7 Å². The summed E-state index contributed by atoms with van der Waals surface area (Å²) in [6.45, 7) is 0. The van der Waals surface area contributed by atoms with Gasteiger partial charge in [0.15, 0.2) is 5.65 Å². The van der Waals surface area contributed by atoms with E-state index in [-0.39, 0.29) is 0 Å². The summed E-state index contributed by atoms with van der Waals surface area (Å²) in [5.41, 5.74) is 8.25. The minimum absolute atomic E-state index is 0.467. The second-order valence-corrected chi connectivity index (χ2v) is 3.92. The predicted octanol–water partition coefficient (Wildman–Crippen LogP) is 1.99. The third kappa shape index (κ3) is 1.75. The zero-order valence-electron chi connectivity index (χ0n) is 9.87. The van der Waals surface area contributed by atoms with Crippen molar-refractivity contribution >= 4 is 11.5 Å². The molecular formula is C13H12N4O. The van der Waals surface area contributed by atoms with Crippen molar-refractivity contribution in [1.82, 2.24) is 14.6 Å². The Hall–Kier alpha value is -2.56. The van der Waals surface area contributed by atoms with Crippen LogP contribution in [0, 0.1) is 0 Å². The first kappa shape index (κ1) is 10.6. The molecule has 0 aliphatic heterocycles. The number of nitrogen functional groups attached to an aromatic ring is 1. The third-order valence-corrected chi connectivity index (χ3v) is 2.72. The van der Waals surface area contributed by atoms with Gasteiger partial charge in [0.05, 0.1) is 19.0 Å². The fourth-order valence-corrected chi connectivity index (χ4v) is 1.82. The Balaban J connectivity index is 2.06. The molecule has 0 fully saturated rings. The van der Waals surface area contributed by atoms with Crippen LogP contribution in [0.5, 0.6) is 5.75 Å². The SMILES string of the molecule is COc1ccc(-c2ccc3nc(N)cn3n2)cc1. The number of nitrogens with two attached hydrogens (primary N) is 1. The van der Waals surface area contributed by atoms with Crippen LogP contribution in [0.15, 0.2) is 42.6 Å². The highest BCUT2D eigenvalue weighted by Gasteiger charge is 2.03. The smallest absolute Gasteiger partial charge is 0.156 e. The molecule has 0 radical (unpaired) electrons. The van der Waals surface area contributed by atoms with Gasteiger partial charge in [-0.05, 0) is 36.4 Å². The lowest BCUT2D eigenvalue weighted by atomic mass is 10.1. The third-order valence-electron chi connectivity index (χ3n) is 2.72. The Kier molecular flexibility index (Phi) is 2.37. The normalized spacial score (nSPS) is 10.7. The highest BCUT2D eigenvalue weighted by molar-refractivity contribution is 5.61. The molecule has 2 N–H and O–H groups in total. The summed E-state index contributed by atoms with van der Waals surface area (Å²) in [5.74, 6) is 1.29. The van der Waals surface area contributed by atoms with E-state index in [1.165, 1.54) is 0 Å². The van der Waals surface area contributed by atoms with Crippen LogP contribution >= 0.6 is 0 Å². The van der Waals surface area contributed by atoms with E-state index in [0.29, 0.717) is 5.82 Å². The number of anilines is 1. The molecular weight excluding hydrogens is 228 g/mol. The van der Waals surface area contributed by atoms with Crippen molar-refractivity contribution in [2.45, 2.75) is 0 Å². The molecule has 5 nitrogen and oxygen atoms in total. The number of imidazole rings is 1. The van der Waals surface area contributed by atoms with Gasteiger partial charge in [0, 0.05) is 5.56 Å². The molecule has 0 saturated carbocycles. The van der Waals surface area contributed by atoms with E-state index in [1.807, 2.05) is 36.4 Å². The molecule has 90 valence electrons. The molecule has 0 amide bonds. The van der Waals surface area contributed by atoms with E-state index in [9.17, 15) is 0 Å². The molecule has 1 aromatic carbocycles. The second kappa shape index (κ2) is 4.03. The fraction of sp³-hybridized carbons (Fsp3) is 0.0769. The Morgan fingerprint density at radius 1 is 1.11 bits per heavy atom. The molecule has 3 aromatic rings. The number of benzene rings is 1. The van der Waals surface area contributed by atoms with Crippen molar-refractivity contribution in [3.8, 4) is 17.0 Å². The molecule has 0 spiro atoms. The fourth-order valence-electron chi connectivity index (χ4n) is 1.82. The first-order valence-electron chi connectivity index (χ1n) is 5.52. The molecule has 2 heterocycles. The van der Waals surface area contributed by atoms with Crippen LogP contribution in [0.3, 0.4) is 0 Å². The van der Waals surface area contributed by atoms with E-state index in [4.69, 9.17) is 10.5 Å². The molecule has 0 aliphatic rings. The maximum absolute atomic E-state index is 5.63. The van der Waals surface area contributed by atoms with Gasteiger partial charge in [-0.15, -0.1) is 0 Å². The first-order valence-corrected chi connectivity index (χ1v) is 5.52. The van der Waals surface area contributed by atoms with Gasteiger partial charge >= 0.3 is 0 Å². The lowest BCUT2D eigenvalue weighted by Crippen LogP contribution is -1.93. The Morgan fingerprint density at radius 2 is 1.89 bits per heavy atom. The zero-order chi connectivity index (χ0) is 12.5. The average molecular weight is 240 g/mol. The maximum Gasteiger partial charge on any atom is 0.156 e. The van der Waals surface area contributed by atoms with Gasteiger partial charge in [0.1, 0.15) is 11.6 Å².